The molecule has 2 aliphatic carbocycles. The number of hydrogen-bond acceptors (Lipinski definition) is 3. The van der Waals surface area contributed by atoms with Gasteiger partial charge in [-0.25, -0.2) is 0 Å². The third kappa shape index (κ3) is 3.22. The summed E-state index contributed by atoms with van der Waals surface area (Å²) in [6.45, 7) is 0.627. The molecule has 2 aliphatic rings. The molecule has 5 atom stereocenters. The zero-order valence-corrected chi connectivity index (χ0v) is 12.0. The van der Waals surface area contributed by atoms with Gasteiger partial charge < -0.3 is 16.2 Å². The molecule has 0 aromatic heterocycles. The Bertz CT molecular complexity index is 422. The van der Waals surface area contributed by atoms with Gasteiger partial charge in [-0.1, -0.05) is 36.8 Å². The Labute approximate surface area is 121 Å². The molecule has 0 amide bonds. The van der Waals surface area contributed by atoms with Crippen LogP contribution in [0.15, 0.2) is 30.3 Å². The Morgan fingerprint density at radius 3 is 2.65 bits per heavy atom. The fraction of sp³-hybridized carbons (Fsp3) is 0.647. The second-order valence-electron chi connectivity index (χ2n) is 6.61. The predicted octanol–water partition coefficient (Wildman–Crippen LogP) is 1.70. The van der Waals surface area contributed by atoms with Crippen LogP contribution in [0.3, 0.4) is 0 Å². The van der Waals surface area contributed by atoms with Gasteiger partial charge >= 0.3 is 0 Å². The number of nitrogens with one attached hydrogen (secondary N) is 1. The van der Waals surface area contributed by atoms with E-state index in [0.29, 0.717) is 12.6 Å². The number of benzene rings is 1. The minimum Gasteiger partial charge on any atom is -0.390 e. The monoisotopic (exact) mass is 274 g/mol. The van der Waals surface area contributed by atoms with Crippen molar-refractivity contribution in [1.82, 2.24) is 5.32 Å². The van der Waals surface area contributed by atoms with Gasteiger partial charge in [-0.3, -0.25) is 0 Å². The molecule has 2 fully saturated rings. The average molecular weight is 274 g/mol. The quantitative estimate of drug-likeness (QED) is 0.740. The van der Waals surface area contributed by atoms with Crippen LogP contribution >= 0.6 is 0 Å². The van der Waals surface area contributed by atoms with Gasteiger partial charge in [-0.2, -0.15) is 0 Å². The largest absolute Gasteiger partial charge is 0.390 e. The number of rotatable bonds is 6. The van der Waals surface area contributed by atoms with E-state index < -0.39 is 6.10 Å². The molecule has 2 unspecified atom stereocenters. The highest BCUT2D eigenvalue weighted by Gasteiger charge is 2.39. The molecule has 110 valence electrons. The lowest BCUT2D eigenvalue weighted by Crippen LogP contribution is -2.46. The van der Waals surface area contributed by atoms with Crippen molar-refractivity contribution in [2.75, 3.05) is 6.54 Å². The molecule has 20 heavy (non-hydrogen) atoms. The summed E-state index contributed by atoms with van der Waals surface area (Å²) in [6.07, 6.45) is 5.75. The van der Waals surface area contributed by atoms with Crippen LogP contribution in [0.4, 0.5) is 0 Å². The van der Waals surface area contributed by atoms with E-state index in [9.17, 15) is 5.11 Å². The average Bonchev–Trinajstić information content (AvgIpc) is 3.08. The Kier molecular flexibility index (Phi) is 4.39. The first-order valence-electron chi connectivity index (χ1n) is 7.93. The molecule has 0 heterocycles. The Morgan fingerprint density at radius 1 is 1.20 bits per heavy atom. The highest BCUT2D eigenvalue weighted by Crippen LogP contribution is 2.44. The van der Waals surface area contributed by atoms with E-state index in [0.717, 1.165) is 18.3 Å². The van der Waals surface area contributed by atoms with Gasteiger partial charge in [0.2, 0.25) is 0 Å². The highest BCUT2D eigenvalue weighted by atomic mass is 16.3. The highest BCUT2D eigenvalue weighted by molar-refractivity contribution is 5.16. The molecule has 3 nitrogen and oxygen atoms in total. The number of aliphatic hydroxyl groups excluding tert-OH is 1. The minimum absolute atomic E-state index is 0.191. The first-order valence-corrected chi connectivity index (χ1v) is 7.93. The van der Waals surface area contributed by atoms with Crippen molar-refractivity contribution in [3.05, 3.63) is 35.9 Å². The SMILES string of the molecule is N[C@@H](Cc1ccccc1)[C@H](O)CN[C@H]1CC2CCC1C2. The molecule has 1 aromatic rings. The van der Waals surface area contributed by atoms with Crippen molar-refractivity contribution >= 4 is 0 Å². The van der Waals surface area contributed by atoms with Crippen LogP contribution in [0, 0.1) is 11.8 Å². The number of aliphatic hydroxyl groups is 1. The van der Waals surface area contributed by atoms with Gasteiger partial charge in [0.05, 0.1) is 6.10 Å². The summed E-state index contributed by atoms with van der Waals surface area (Å²) in [7, 11) is 0. The first kappa shape index (κ1) is 14.1. The van der Waals surface area contributed by atoms with Crippen molar-refractivity contribution in [3.8, 4) is 0 Å². The van der Waals surface area contributed by atoms with Crippen molar-refractivity contribution in [2.24, 2.45) is 17.6 Å². The second-order valence-corrected chi connectivity index (χ2v) is 6.61. The van der Waals surface area contributed by atoms with E-state index in [-0.39, 0.29) is 6.04 Å². The van der Waals surface area contributed by atoms with E-state index in [1.807, 2.05) is 18.2 Å². The van der Waals surface area contributed by atoms with Crippen LogP contribution in [0.1, 0.15) is 31.2 Å². The fourth-order valence-electron chi connectivity index (χ4n) is 3.94. The summed E-state index contributed by atoms with van der Waals surface area (Å²) < 4.78 is 0. The van der Waals surface area contributed by atoms with Crippen LogP contribution in [0.5, 0.6) is 0 Å². The normalized spacial score (nSPS) is 31.4. The maximum atomic E-state index is 10.2. The van der Waals surface area contributed by atoms with E-state index in [2.05, 4.69) is 17.4 Å². The molecule has 1 aromatic carbocycles. The van der Waals surface area contributed by atoms with Crippen LogP contribution in [0.25, 0.3) is 0 Å². The zero-order chi connectivity index (χ0) is 13.9. The van der Waals surface area contributed by atoms with Gasteiger partial charge in [0.15, 0.2) is 0 Å². The molecule has 3 rings (SSSR count). The van der Waals surface area contributed by atoms with Crippen molar-refractivity contribution < 1.29 is 5.11 Å². The smallest absolute Gasteiger partial charge is 0.0818 e. The molecule has 2 bridgehead atoms. The van der Waals surface area contributed by atoms with Gasteiger partial charge in [0, 0.05) is 18.6 Å². The first-order chi connectivity index (χ1) is 9.72. The number of nitrogens with two attached hydrogens (primary N) is 1. The van der Waals surface area contributed by atoms with E-state index in [1.165, 1.54) is 31.2 Å². The van der Waals surface area contributed by atoms with Crippen LogP contribution in [0.2, 0.25) is 0 Å². The topological polar surface area (TPSA) is 58.3 Å². The third-order valence-electron chi connectivity index (χ3n) is 5.14. The molecule has 0 radical (unpaired) electrons. The van der Waals surface area contributed by atoms with E-state index >= 15 is 0 Å². The van der Waals surface area contributed by atoms with E-state index in [1.54, 1.807) is 0 Å². The number of fused-ring (bicyclic) bond motifs is 2. The number of hydrogen-bond donors (Lipinski definition) is 3. The Hall–Kier alpha value is -0.900. The predicted molar refractivity (Wildman–Crippen MR) is 81.4 cm³/mol. The molecule has 0 saturated heterocycles. The van der Waals surface area contributed by atoms with Gasteiger partial charge in [-0.15, -0.1) is 0 Å². The van der Waals surface area contributed by atoms with Crippen LogP contribution < -0.4 is 11.1 Å². The minimum atomic E-state index is -0.464. The van der Waals surface area contributed by atoms with Crippen LogP contribution in [-0.4, -0.2) is 29.8 Å². The standard InChI is InChI=1S/C17H26N2O/c18-15(9-12-4-2-1-3-5-12)17(20)11-19-16-10-13-6-7-14(16)8-13/h1-5,13-17,19-20H,6-11,18H2/t13?,14?,15-,16-,17+/m0/s1. The second kappa shape index (κ2) is 6.25. The fourth-order valence-corrected chi connectivity index (χ4v) is 3.94. The van der Waals surface area contributed by atoms with Crippen molar-refractivity contribution in [2.45, 2.75) is 50.3 Å². The molecule has 3 heteroatoms. The molecule has 0 spiro atoms. The van der Waals surface area contributed by atoms with Crippen LogP contribution in [-0.2, 0) is 6.42 Å². The zero-order valence-electron chi connectivity index (χ0n) is 12.0. The molecule has 4 N–H and O–H groups in total. The maximum Gasteiger partial charge on any atom is 0.0818 e. The molecular weight excluding hydrogens is 248 g/mol. The van der Waals surface area contributed by atoms with Gasteiger partial charge in [0.25, 0.3) is 0 Å². The summed E-state index contributed by atoms with van der Waals surface area (Å²) in [4.78, 5) is 0. The van der Waals surface area contributed by atoms with Gasteiger partial charge in [0.1, 0.15) is 0 Å². The van der Waals surface area contributed by atoms with Crippen molar-refractivity contribution in [1.29, 1.82) is 0 Å². The Morgan fingerprint density at radius 2 is 2.00 bits per heavy atom. The molecular formula is C17H26N2O. The third-order valence-corrected chi connectivity index (χ3v) is 5.14. The summed E-state index contributed by atoms with van der Waals surface area (Å²) >= 11 is 0. The lowest BCUT2D eigenvalue weighted by atomic mass is 9.95. The summed E-state index contributed by atoms with van der Waals surface area (Å²) in [5.41, 5.74) is 7.31. The lowest BCUT2D eigenvalue weighted by Gasteiger charge is -2.26. The molecule has 0 aliphatic heterocycles. The summed E-state index contributed by atoms with van der Waals surface area (Å²) in [6, 6.07) is 10.6. The van der Waals surface area contributed by atoms with Gasteiger partial charge in [-0.05, 0) is 43.1 Å². The molecule has 2 saturated carbocycles. The maximum absolute atomic E-state index is 10.2. The summed E-state index contributed by atoms with van der Waals surface area (Å²) in [5, 5.41) is 13.8. The van der Waals surface area contributed by atoms with E-state index in [4.69, 9.17) is 5.73 Å². The Balaban J connectivity index is 1.43. The lowest BCUT2D eigenvalue weighted by molar-refractivity contribution is 0.133. The van der Waals surface area contributed by atoms with Crippen molar-refractivity contribution in [3.63, 3.8) is 0 Å². The summed E-state index contributed by atoms with van der Waals surface area (Å²) in [5.74, 6) is 1.78.